The van der Waals surface area contributed by atoms with Crippen LogP contribution in [0.15, 0.2) is 46.9 Å². The molecule has 0 radical (unpaired) electrons. The summed E-state index contributed by atoms with van der Waals surface area (Å²) in [6.45, 7) is -0.206. The topological polar surface area (TPSA) is 81.4 Å². The van der Waals surface area contributed by atoms with Crippen molar-refractivity contribution in [3.8, 4) is 5.75 Å². The van der Waals surface area contributed by atoms with Crippen molar-refractivity contribution in [2.24, 2.45) is 5.73 Å². The van der Waals surface area contributed by atoms with Gasteiger partial charge in [0.25, 0.3) is 5.91 Å². The number of primary amides is 1. The third kappa shape index (κ3) is 4.47. The van der Waals surface area contributed by atoms with Gasteiger partial charge in [0.2, 0.25) is 5.91 Å². The molecule has 2 aromatic carbocycles. The Balaban J connectivity index is 1.95. The Morgan fingerprint density at radius 3 is 2.68 bits per heavy atom. The Kier molecular flexibility index (Phi) is 5.41. The molecule has 3 N–H and O–H groups in total. The summed E-state index contributed by atoms with van der Waals surface area (Å²) in [5.74, 6) is -0.527. The summed E-state index contributed by atoms with van der Waals surface area (Å²) in [4.78, 5) is 22.9. The van der Waals surface area contributed by atoms with E-state index >= 15 is 0 Å². The summed E-state index contributed by atoms with van der Waals surface area (Å²) in [6.07, 6.45) is 0. The molecule has 2 amide bonds. The average molecular weight is 384 g/mol. The van der Waals surface area contributed by atoms with Gasteiger partial charge in [0.05, 0.1) is 5.02 Å². The van der Waals surface area contributed by atoms with Crippen LogP contribution < -0.4 is 15.8 Å². The smallest absolute Gasteiger partial charge is 0.262 e. The molecular weight excluding hydrogens is 372 g/mol. The normalized spacial score (nSPS) is 10.1. The van der Waals surface area contributed by atoms with Crippen LogP contribution >= 0.6 is 27.5 Å². The number of anilines is 1. The van der Waals surface area contributed by atoms with Crippen LogP contribution in [0.5, 0.6) is 5.75 Å². The molecule has 2 aromatic rings. The molecular formula is C15H12BrClN2O3. The Morgan fingerprint density at radius 2 is 2.00 bits per heavy atom. The molecule has 0 spiro atoms. The molecule has 0 aliphatic rings. The molecule has 0 saturated heterocycles. The second-order valence-electron chi connectivity index (χ2n) is 4.36. The lowest BCUT2D eigenvalue weighted by Crippen LogP contribution is -2.20. The molecule has 5 nitrogen and oxygen atoms in total. The largest absolute Gasteiger partial charge is 0.482 e. The molecule has 0 saturated carbocycles. The van der Waals surface area contributed by atoms with Crippen LogP contribution in [0.3, 0.4) is 0 Å². The maximum absolute atomic E-state index is 11.8. The van der Waals surface area contributed by atoms with Crippen molar-refractivity contribution in [3.63, 3.8) is 0 Å². The quantitative estimate of drug-likeness (QED) is 0.832. The summed E-state index contributed by atoms with van der Waals surface area (Å²) in [7, 11) is 0. The fraction of sp³-hybridized carbons (Fsp3) is 0.0667. The summed E-state index contributed by atoms with van der Waals surface area (Å²) >= 11 is 9.27. The van der Waals surface area contributed by atoms with Crippen LogP contribution in [0.4, 0.5) is 5.69 Å². The van der Waals surface area contributed by atoms with E-state index in [1.54, 1.807) is 36.4 Å². The monoisotopic (exact) mass is 382 g/mol. The van der Waals surface area contributed by atoms with Crippen molar-refractivity contribution in [3.05, 3.63) is 57.5 Å². The number of hydrogen-bond donors (Lipinski definition) is 2. The third-order valence-corrected chi connectivity index (χ3v) is 3.47. The van der Waals surface area contributed by atoms with Crippen molar-refractivity contribution in [1.29, 1.82) is 0 Å². The first-order valence-electron chi connectivity index (χ1n) is 6.23. The van der Waals surface area contributed by atoms with E-state index < -0.39 is 5.91 Å². The van der Waals surface area contributed by atoms with Crippen molar-refractivity contribution in [2.75, 3.05) is 11.9 Å². The predicted octanol–water partition coefficient (Wildman–Crippen LogP) is 3.22. The first-order chi connectivity index (χ1) is 10.5. The van der Waals surface area contributed by atoms with Crippen LogP contribution in [0, 0.1) is 0 Å². The lowest BCUT2D eigenvalue weighted by Gasteiger charge is -2.09. The first-order valence-corrected chi connectivity index (χ1v) is 7.40. The van der Waals surface area contributed by atoms with Gasteiger partial charge in [-0.1, -0.05) is 33.6 Å². The van der Waals surface area contributed by atoms with Crippen LogP contribution in [0.25, 0.3) is 0 Å². The van der Waals surface area contributed by atoms with Gasteiger partial charge >= 0.3 is 0 Å². The van der Waals surface area contributed by atoms with E-state index in [1.165, 1.54) is 6.07 Å². The second kappa shape index (κ2) is 7.29. The number of carbonyl (C=O) groups excluding carboxylic acids is 2. The van der Waals surface area contributed by atoms with Crippen LogP contribution in [-0.2, 0) is 4.79 Å². The van der Waals surface area contributed by atoms with Gasteiger partial charge in [-0.05, 0) is 36.4 Å². The van der Waals surface area contributed by atoms with E-state index in [9.17, 15) is 9.59 Å². The van der Waals surface area contributed by atoms with Crippen molar-refractivity contribution in [1.82, 2.24) is 0 Å². The highest BCUT2D eigenvalue weighted by molar-refractivity contribution is 9.10. The first kappa shape index (κ1) is 16.3. The highest BCUT2D eigenvalue weighted by Gasteiger charge is 2.08. The maximum Gasteiger partial charge on any atom is 0.262 e. The second-order valence-corrected chi connectivity index (χ2v) is 5.68. The summed E-state index contributed by atoms with van der Waals surface area (Å²) in [5, 5.41) is 3.02. The number of amides is 2. The zero-order valence-corrected chi connectivity index (χ0v) is 13.6. The SMILES string of the molecule is NC(=O)c1cccc(NC(=O)COc2ccc(Br)cc2Cl)c1. The molecule has 22 heavy (non-hydrogen) atoms. The lowest BCUT2D eigenvalue weighted by molar-refractivity contribution is -0.118. The number of benzene rings is 2. The van der Waals surface area contributed by atoms with Gasteiger partial charge in [-0.25, -0.2) is 0 Å². The summed E-state index contributed by atoms with van der Waals surface area (Å²) in [6, 6.07) is 11.4. The summed E-state index contributed by atoms with van der Waals surface area (Å²) < 4.78 is 6.16. The van der Waals surface area contributed by atoms with Crippen molar-refractivity contribution in [2.45, 2.75) is 0 Å². The number of halogens is 2. The van der Waals surface area contributed by atoms with E-state index in [4.69, 9.17) is 22.1 Å². The minimum atomic E-state index is -0.561. The van der Waals surface area contributed by atoms with Gasteiger partial charge in [-0.2, -0.15) is 0 Å². The van der Waals surface area contributed by atoms with Gasteiger partial charge < -0.3 is 15.8 Å². The van der Waals surface area contributed by atoms with E-state index in [1.807, 2.05) is 0 Å². The minimum Gasteiger partial charge on any atom is -0.482 e. The molecule has 0 aliphatic carbocycles. The molecule has 0 aromatic heterocycles. The molecule has 0 fully saturated rings. The number of nitrogens with one attached hydrogen (secondary N) is 1. The van der Waals surface area contributed by atoms with Gasteiger partial charge in [0.1, 0.15) is 5.75 Å². The molecule has 2 rings (SSSR count). The zero-order chi connectivity index (χ0) is 16.1. The van der Waals surface area contributed by atoms with Crippen LogP contribution in [-0.4, -0.2) is 18.4 Å². The highest BCUT2D eigenvalue weighted by atomic mass is 79.9. The van der Waals surface area contributed by atoms with Crippen LogP contribution in [0.1, 0.15) is 10.4 Å². The van der Waals surface area contributed by atoms with E-state index in [2.05, 4.69) is 21.2 Å². The number of carbonyl (C=O) groups is 2. The minimum absolute atomic E-state index is 0.206. The predicted molar refractivity (Wildman–Crippen MR) is 88.2 cm³/mol. The van der Waals surface area contributed by atoms with Crippen LogP contribution in [0.2, 0.25) is 5.02 Å². The Bertz CT molecular complexity index is 722. The summed E-state index contributed by atoms with van der Waals surface area (Å²) in [5.41, 5.74) is 5.96. The van der Waals surface area contributed by atoms with Gasteiger partial charge in [-0.15, -0.1) is 0 Å². The zero-order valence-electron chi connectivity index (χ0n) is 11.3. The molecule has 0 unspecified atom stereocenters. The van der Waals surface area contributed by atoms with Gasteiger partial charge in [-0.3, -0.25) is 9.59 Å². The Hall–Kier alpha value is -2.05. The van der Waals surface area contributed by atoms with Gasteiger partial charge in [0, 0.05) is 15.7 Å². The van der Waals surface area contributed by atoms with Crippen molar-refractivity contribution >= 4 is 45.0 Å². The van der Waals surface area contributed by atoms with Gasteiger partial charge in [0.15, 0.2) is 6.61 Å². The van der Waals surface area contributed by atoms with E-state index in [0.717, 1.165) is 4.47 Å². The fourth-order valence-corrected chi connectivity index (χ4v) is 2.41. The lowest BCUT2D eigenvalue weighted by atomic mass is 10.2. The Morgan fingerprint density at radius 1 is 1.23 bits per heavy atom. The Labute approximate surface area is 140 Å². The molecule has 0 bridgehead atoms. The number of nitrogens with two attached hydrogens (primary N) is 1. The highest BCUT2D eigenvalue weighted by Crippen LogP contribution is 2.27. The van der Waals surface area contributed by atoms with Crippen molar-refractivity contribution < 1.29 is 14.3 Å². The fourth-order valence-electron chi connectivity index (χ4n) is 1.68. The number of ether oxygens (including phenoxy) is 1. The average Bonchev–Trinajstić information content (AvgIpc) is 2.46. The van der Waals surface area contributed by atoms with E-state index in [-0.39, 0.29) is 12.5 Å². The number of hydrogen-bond acceptors (Lipinski definition) is 3. The molecule has 0 aliphatic heterocycles. The molecule has 114 valence electrons. The van der Waals surface area contributed by atoms with E-state index in [0.29, 0.717) is 22.0 Å². The molecule has 0 atom stereocenters. The molecule has 0 heterocycles. The third-order valence-electron chi connectivity index (χ3n) is 2.68. The standard InChI is InChI=1S/C15H12BrClN2O3/c16-10-4-5-13(12(17)7-10)22-8-14(20)19-11-3-1-2-9(6-11)15(18)21/h1-7H,8H2,(H2,18,21)(H,19,20). The maximum atomic E-state index is 11.8. The number of rotatable bonds is 5. The molecule has 7 heteroatoms.